The molecule has 1 aromatic carbocycles. The zero-order valence-electron chi connectivity index (χ0n) is 12.8. The van der Waals surface area contributed by atoms with E-state index in [4.69, 9.17) is 16.3 Å². The first-order valence-corrected chi connectivity index (χ1v) is 7.55. The van der Waals surface area contributed by atoms with Crippen LogP contribution < -0.4 is 10.9 Å². The van der Waals surface area contributed by atoms with Gasteiger partial charge in [-0.3, -0.25) is 9.20 Å². The van der Waals surface area contributed by atoms with Gasteiger partial charge in [0.25, 0.3) is 5.56 Å². The molecule has 0 saturated heterocycles. The lowest BCUT2D eigenvalue weighted by molar-refractivity contribution is 0.0601. The van der Waals surface area contributed by atoms with Crippen molar-refractivity contribution in [3.8, 4) is 0 Å². The Balaban J connectivity index is 1.82. The predicted molar refractivity (Wildman–Crippen MR) is 91.6 cm³/mol. The van der Waals surface area contributed by atoms with Gasteiger partial charge in [0.2, 0.25) is 0 Å². The van der Waals surface area contributed by atoms with E-state index in [9.17, 15) is 9.59 Å². The Morgan fingerprint density at radius 1 is 1.29 bits per heavy atom. The van der Waals surface area contributed by atoms with Crippen LogP contribution in [0.3, 0.4) is 0 Å². The number of nitrogens with one attached hydrogen (secondary N) is 1. The van der Waals surface area contributed by atoms with Crippen LogP contribution in [0.1, 0.15) is 16.1 Å². The monoisotopic (exact) mass is 343 g/mol. The van der Waals surface area contributed by atoms with E-state index in [2.05, 4.69) is 10.3 Å². The van der Waals surface area contributed by atoms with Crippen LogP contribution in [0.5, 0.6) is 0 Å². The maximum Gasteiger partial charge on any atom is 0.337 e. The number of esters is 1. The largest absolute Gasteiger partial charge is 0.465 e. The summed E-state index contributed by atoms with van der Waals surface area (Å²) in [4.78, 5) is 28.1. The number of hydrogen-bond acceptors (Lipinski definition) is 5. The molecule has 0 spiro atoms. The summed E-state index contributed by atoms with van der Waals surface area (Å²) in [5, 5.41) is 3.61. The third-order valence-corrected chi connectivity index (χ3v) is 3.66. The van der Waals surface area contributed by atoms with Crippen LogP contribution in [0.2, 0.25) is 5.02 Å². The van der Waals surface area contributed by atoms with E-state index in [0.717, 1.165) is 5.69 Å². The van der Waals surface area contributed by atoms with Gasteiger partial charge in [-0.15, -0.1) is 0 Å². The minimum Gasteiger partial charge on any atom is -0.465 e. The van der Waals surface area contributed by atoms with Gasteiger partial charge in [0.05, 0.1) is 29.9 Å². The molecule has 7 heteroatoms. The Morgan fingerprint density at radius 3 is 2.92 bits per heavy atom. The molecule has 1 N–H and O–H groups in total. The van der Waals surface area contributed by atoms with Crippen molar-refractivity contribution in [1.29, 1.82) is 0 Å². The fourth-order valence-corrected chi connectivity index (χ4v) is 2.44. The van der Waals surface area contributed by atoms with Crippen molar-refractivity contribution >= 4 is 28.9 Å². The average molecular weight is 344 g/mol. The number of halogens is 1. The van der Waals surface area contributed by atoms with Gasteiger partial charge in [0.15, 0.2) is 0 Å². The second kappa shape index (κ2) is 6.72. The van der Waals surface area contributed by atoms with Crippen molar-refractivity contribution in [3.05, 3.63) is 75.3 Å². The summed E-state index contributed by atoms with van der Waals surface area (Å²) < 4.78 is 6.09. The van der Waals surface area contributed by atoms with Crippen LogP contribution in [0, 0.1) is 0 Å². The molecule has 0 radical (unpaired) electrons. The predicted octanol–water partition coefficient (Wildman–Crippen LogP) is 2.75. The van der Waals surface area contributed by atoms with E-state index in [1.54, 1.807) is 30.3 Å². The van der Waals surface area contributed by atoms with Gasteiger partial charge in [0, 0.05) is 18.0 Å². The fraction of sp³-hybridized carbons (Fsp3) is 0.118. The average Bonchev–Trinajstić information content (AvgIpc) is 2.60. The van der Waals surface area contributed by atoms with E-state index in [1.807, 2.05) is 6.07 Å². The number of aromatic nitrogens is 2. The molecule has 0 aliphatic rings. The van der Waals surface area contributed by atoms with Crippen LogP contribution in [0.15, 0.2) is 53.5 Å². The first-order valence-electron chi connectivity index (χ1n) is 7.17. The zero-order chi connectivity index (χ0) is 17.1. The molecule has 0 unspecified atom stereocenters. The van der Waals surface area contributed by atoms with Gasteiger partial charge >= 0.3 is 5.97 Å². The topological polar surface area (TPSA) is 72.7 Å². The van der Waals surface area contributed by atoms with Crippen LogP contribution >= 0.6 is 11.6 Å². The van der Waals surface area contributed by atoms with E-state index in [-0.39, 0.29) is 5.56 Å². The molecule has 122 valence electrons. The molecular weight excluding hydrogens is 330 g/mol. The van der Waals surface area contributed by atoms with Crippen molar-refractivity contribution in [2.24, 2.45) is 0 Å². The summed E-state index contributed by atoms with van der Waals surface area (Å²) >= 11 is 5.89. The molecule has 2 aromatic heterocycles. The maximum absolute atomic E-state index is 12.1. The third-order valence-electron chi connectivity index (χ3n) is 3.43. The minimum atomic E-state index is -0.405. The lowest BCUT2D eigenvalue weighted by Crippen LogP contribution is -2.16. The normalized spacial score (nSPS) is 10.6. The molecular formula is C17H14ClN3O3. The quantitative estimate of drug-likeness (QED) is 0.737. The lowest BCUT2D eigenvalue weighted by Gasteiger charge is -2.08. The summed E-state index contributed by atoms with van der Waals surface area (Å²) in [6, 6.07) is 11.7. The van der Waals surface area contributed by atoms with Crippen molar-refractivity contribution in [3.63, 3.8) is 0 Å². The molecule has 3 rings (SSSR count). The smallest absolute Gasteiger partial charge is 0.337 e. The van der Waals surface area contributed by atoms with Crippen LogP contribution in [0.4, 0.5) is 5.69 Å². The zero-order valence-corrected chi connectivity index (χ0v) is 13.6. The lowest BCUT2D eigenvalue weighted by atomic mass is 10.2. The third kappa shape index (κ3) is 3.38. The second-order valence-electron chi connectivity index (χ2n) is 5.09. The number of carbonyl (C=O) groups is 1. The molecule has 2 heterocycles. The van der Waals surface area contributed by atoms with E-state index < -0.39 is 5.97 Å². The maximum atomic E-state index is 12.1. The van der Waals surface area contributed by atoms with Crippen molar-refractivity contribution in [2.75, 3.05) is 12.4 Å². The van der Waals surface area contributed by atoms with Gasteiger partial charge < -0.3 is 10.1 Å². The molecule has 0 saturated carbocycles. The van der Waals surface area contributed by atoms with Crippen molar-refractivity contribution in [1.82, 2.24) is 9.38 Å². The summed E-state index contributed by atoms with van der Waals surface area (Å²) in [6.45, 7) is 0.346. The Hall–Kier alpha value is -2.86. The minimum absolute atomic E-state index is 0.206. The summed E-state index contributed by atoms with van der Waals surface area (Å²) in [5.41, 5.74) is 2.08. The summed E-state index contributed by atoms with van der Waals surface area (Å²) in [6.07, 6.45) is 1.53. The summed E-state index contributed by atoms with van der Waals surface area (Å²) in [5.74, 6) is -0.405. The number of benzene rings is 1. The molecule has 0 atom stereocenters. The van der Waals surface area contributed by atoms with Gasteiger partial charge in [-0.2, -0.15) is 0 Å². The SMILES string of the molecule is COC(=O)c1cccc(NCc2cc(=O)n3cc(Cl)ccc3n2)c1. The number of fused-ring (bicyclic) bond motifs is 1. The molecule has 6 nitrogen and oxygen atoms in total. The number of anilines is 1. The Morgan fingerprint density at radius 2 is 2.12 bits per heavy atom. The van der Waals surface area contributed by atoms with Gasteiger partial charge in [0.1, 0.15) is 5.65 Å². The van der Waals surface area contributed by atoms with Gasteiger partial charge in [-0.25, -0.2) is 9.78 Å². The molecule has 0 aliphatic carbocycles. The molecule has 3 aromatic rings. The van der Waals surface area contributed by atoms with Gasteiger partial charge in [-0.1, -0.05) is 17.7 Å². The number of nitrogens with zero attached hydrogens (tertiary/aromatic N) is 2. The van der Waals surface area contributed by atoms with Crippen molar-refractivity contribution in [2.45, 2.75) is 6.54 Å². The first-order chi connectivity index (χ1) is 11.6. The van der Waals surface area contributed by atoms with Gasteiger partial charge in [-0.05, 0) is 30.3 Å². The Kier molecular flexibility index (Phi) is 4.48. The highest BCUT2D eigenvalue weighted by Crippen LogP contribution is 2.13. The van der Waals surface area contributed by atoms with Crippen LogP contribution in [-0.4, -0.2) is 22.5 Å². The standard InChI is InChI=1S/C17H14ClN3O3/c1-24-17(23)11-3-2-4-13(7-11)19-9-14-8-16(22)21-10-12(18)5-6-15(21)20-14/h2-8,10,19H,9H2,1H3. The number of carbonyl (C=O) groups excluding carboxylic acids is 1. The Bertz CT molecular complexity index is 969. The summed E-state index contributed by atoms with van der Waals surface area (Å²) in [7, 11) is 1.33. The van der Waals surface area contributed by atoms with E-state index >= 15 is 0 Å². The second-order valence-corrected chi connectivity index (χ2v) is 5.52. The highest BCUT2D eigenvalue weighted by molar-refractivity contribution is 6.30. The Labute approximate surface area is 142 Å². The number of ether oxygens (including phenoxy) is 1. The number of hydrogen-bond donors (Lipinski definition) is 1. The molecule has 0 aliphatic heterocycles. The molecule has 0 bridgehead atoms. The van der Waals surface area contributed by atoms with Crippen LogP contribution in [-0.2, 0) is 11.3 Å². The molecule has 24 heavy (non-hydrogen) atoms. The van der Waals surface area contributed by atoms with E-state index in [0.29, 0.717) is 28.5 Å². The number of pyridine rings is 1. The fourth-order valence-electron chi connectivity index (χ4n) is 2.28. The number of methoxy groups -OCH3 is 1. The van der Waals surface area contributed by atoms with Crippen molar-refractivity contribution < 1.29 is 9.53 Å². The molecule has 0 amide bonds. The van der Waals surface area contributed by atoms with Crippen LogP contribution in [0.25, 0.3) is 5.65 Å². The highest BCUT2D eigenvalue weighted by Gasteiger charge is 2.07. The first kappa shape index (κ1) is 16.0. The molecule has 0 fully saturated rings. The number of rotatable bonds is 4. The highest BCUT2D eigenvalue weighted by atomic mass is 35.5. The van der Waals surface area contributed by atoms with E-state index in [1.165, 1.54) is 23.8 Å².